The SMILES string of the molecule is CC(Nc1ncc([N+](=O)[O-])cc1Br)c1ncn[nH]1. The molecular formula is C9H9BrN6O2. The fourth-order valence-electron chi connectivity index (χ4n) is 1.33. The van der Waals surface area contributed by atoms with Gasteiger partial charge in [0.25, 0.3) is 5.69 Å². The summed E-state index contributed by atoms with van der Waals surface area (Å²) in [4.78, 5) is 18.1. The second-order valence-electron chi connectivity index (χ2n) is 3.52. The van der Waals surface area contributed by atoms with Crippen molar-refractivity contribution in [2.75, 3.05) is 5.32 Å². The fourth-order valence-corrected chi connectivity index (χ4v) is 1.78. The van der Waals surface area contributed by atoms with Gasteiger partial charge >= 0.3 is 0 Å². The van der Waals surface area contributed by atoms with Gasteiger partial charge in [-0.25, -0.2) is 9.97 Å². The van der Waals surface area contributed by atoms with Gasteiger partial charge in [0.2, 0.25) is 0 Å². The van der Waals surface area contributed by atoms with Crippen LogP contribution in [0.2, 0.25) is 0 Å². The average molecular weight is 313 g/mol. The second kappa shape index (κ2) is 5.08. The van der Waals surface area contributed by atoms with Crippen LogP contribution >= 0.6 is 15.9 Å². The van der Waals surface area contributed by atoms with E-state index >= 15 is 0 Å². The monoisotopic (exact) mass is 312 g/mol. The Morgan fingerprint density at radius 1 is 1.56 bits per heavy atom. The van der Waals surface area contributed by atoms with Gasteiger partial charge in [-0.2, -0.15) is 5.10 Å². The van der Waals surface area contributed by atoms with Crippen LogP contribution in [0.3, 0.4) is 0 Å². The van der Waals surface area contributed by atoms with Crippen molar-refractivity contribution < 1.29 is 4.92 Å². The number of halogens is 1. The maximum absolute atomic E-state index is 10.6. The minimum Gasteiger partial charge on any atom is -0.359 e. The van der Waals surface area contributed by atoms with Crippen LogP contribution in [0.5, 0.6) is 0 Å². The van der Waals surface area contributed by atoms with E-state index in [1.165, 1.54) is 18.6 Å². The van der Waals surface area contributed by atoms with E-state index in [2.05, 4.69) is 41.4 Å². The van der Waals surface area contributed by atoms with E-state index in [9.17, 15) is 10.1 Å². The van der Waals surface area contributed by atoms with Crippen LogP contribution < -0.4 is 5.32 Å². The highest BCUT2D eigenvalue weighted by molar-refractivity contribution is 9.10. The Balaban J connectivity index is 2.17. The number of aromatic amines is 1. The summed E-state index contributed by atoms with van der Waals surface area (Å²) in [7, 11) is 0. The third-order valence-corrected chi connectivity index (χ3v) is 2.84. The van der Waals surface area contributed by atoms with E-state index in [1.807, 2.05) is 6.92 Å². The first-order chi connectivity index (χ1) is 8.58. The maximum Gasteiger partial charge on any atom is 0.288 e. The quantitative estimate of drug-likeness (QED) is 0.660. The Kier molecular flexibility index (Phi) is 3.51. The lowest BCUT2D eigenvalue weighted by Crippen LogP contribution is -2.10. The van der Waals surface area contributed by atoms with Crippen LogP contribution in [-0.4, -0.2) is 25.1 Å². The number of rotatable bonds is 4. The van der Waals surface area contributed by atoms with Gasteiger partial charge in [-0.15, -0.1) is 0 Å². The molecule has 0 bridgehead atoms. The van der Waals surface area contributed by atoms with E-state index in [4.69, 9.17) is 0 Å². The number of aromatic nitrogens is 4. The van der Waals surface area contributed by atoms with Gasteiger partial charge in [-0.1, -0.05) is 0 Å². The van der Waals surface area contributed by atoms with Crippen LogP contribution in [0.1, 0.15) is 18.8 Å². The van der Waals surface area contributed by atoms with E-state index in [-0.39, 0.29) is 11.7 Å². The molecule has 0 aliphatic carbocycles. The highest BCUT2D eigenvalue weighted by Gasteiger charge is 2.14. The Morgan fingerprint density at radius 2 is 2.33 bits per heavy atom. The molecule has 0 aliphatic heterocycles. The molecule has 0 amide bonds. The van der Waals surface area contributed by atoms with Crippen LogP contribution in [-0.2, 0) is 0 Å². The summed E-state index contributed by atoms with van der Waals surface area (Å²) in [6.45, 7) is 1.87. The van der Waals surface area contributed by atoms with Crippen molar-refractivity contribution in [1.29, 1.82) is 0 Å². The van der Waals surface area contributed by atoms with Crippen LogP contribution in [0.4, 0.5) is 11.5 Å². The molecule has 2 N–H and O–H groups in total. The molecule has 0 fully saturated rings. The van der Waals surface area contributed by atoms with Crippen molar-refractivity contribution in [2.24, 2.45) is 0 Å². The Bertz CT molecular complexity index is 558. The van der Waals surface area contributed by atoms with Gasteiger partial charge in [0.05, 0.1) is 15.4 Å². The smallest absolute Gasteiger partial charge is 0.288 e. The number of hydrogen-bond acceptors (Lipinski definition) is 6. The summed E-state index contributed by atoms with van der Waals surface area (Å²) >= 11 is 3.23. The zero-order valence-corrected chi connectivity index (χ0v) is 10.9. The van der Waals surface area contributed by atoms with Gasteiger partial charge in [0, 0.05) is 6.07 Å². The highest BCUT2D eigenvalue weighted by atomic mass is 79.9. The average Bonchev–Trinajstić information content (AvgIpc) is 2.85. The van der Waals surface area contributed by atoms with Crippen molar-refractivity contribution in [3.8, 4) is 0 Å². The van der Waals surface area contributed by atoms with E-state index in [1.54, 1.807) is 0 Å². The molecular weight excluding hydrogens is 304 g/mol. The molecule has 1 atom stereocenters. The summed E-state index contributed by atoms with van der Waals surface area (Å²) in [6.07, 6.45) is 2.60. The van der Waals surface area contributed by atoms with Crippen molar-refractivity contribution >= 4 is 27.4 Å². The standard InChI is InChI=1S/C9H9BrN6O2/c1-5(8-12-4-13-15-8)14-9-7(10)2-6(3-11-9)16(17)18/h2-5H,1H3,(H,11,14)(H,12,13,15). The lowest BCUT2D eigenvalue weighted by atomic mass is 10.3. The summed E-state index contributed by atoms with van der Waals surface area (Å²) in [5, 5.41) is 20.1. The molecule has 94 valence electrons. The summed E-state index contributed by atoms with van der Waals surface area (Å²) in [6, 6.07) is 1.25. The molecule has 0 saturated carbocycles. The molecule has 2 rings (SSSR count). The normalized spacial score (nSPS) is 12.1. The van der Waals surface area contributed by atoms with Gasteiger partial charge < -0.3 is 5.32 Å². The van der Waals surface area contributed by atoms with E-state index in [0.717, 1.165) is 0 Å². The molecule has 0 radical (unpaired) electrons. The molecule has 2 heterocycles. The number of H-pyrrole nitrogens is 1. The van der Waals surface area contributed by atoms with Gasteiger partial charge in [0.15, 0.2) is 0 Å². The number of nitrogens with one attached hydrogen (secondary N) is 2. The van der Waals surface area contributed by atoms with Gasteiger partial charge in [-0.05, 0) is 22.9 Å². The summed E-state index contributed by atoms with van der Waals surface area (Å²) < 4.78 is 0.517. The summed E-state index contributed by atoms with van der Waals surface area (Å²) in [5.41, 5.74) is -0.0697. The van der Waals surface area contributed by atoms with Crippen molar-refractivity contribution in [1.82, 2.24) is 20.2 Å². The molecule has 1 unspecified atom stereocenters. The number of nitrogens with zero attached hydrogens (tertiary/aromatic N) is 4. The Labute approximate surface area is 110 Å². The van der Waals surface area contributed by atoms with Gasteiger partial charge in [0.1, 0.15) is 24.2 Å². The second-order valence-corrected chi connectivity index (χ2v) is 4.37. The minimum absolute atomic E-state index is 0.0697. The number of hydrogen-bond donors (Lipinski definition) is 2. The Morgan fingerprint density at radius 3 is 2.89 bits per heavy atom. The zero-order valence-electron chi connectivity index (χ0n) is 9.29. The molecule has 2 aromatic heterocycles. The molecule has 0 spiro atoms. The minimum atomic E-state index is -0.499. The topological polar surface area (TPSA) is 110 Å². The zero-order chi connectivity index (χ0) is 13.1. The Hall–Kier alpha value is -2.03. The van der Waals surface area contributed by atoms with E-state index in [0.29, 0.717) is 16.1 Å². The largest absolute Gasteiger partial charge is 0.359 e. The van der Waals surface area contributed by atoms with Gasteiger partial charge in [-0.3, -0.25) is 15.2 Å². The number of pyridine rings is 1. The molecule has 18 heavy (non-hydrogen) atoms. The third-order valence-electron chi connectivity index (χ3n) is 2.23. The van der Waals surface area contributed by atoms with Crippen LogP contribution in [0.25, 0.3) is 0 Å². The van der Waals surface area contributed by atoms with Crippen LogP contribution in [0, 0.1) is 10.1 Å². The molecule has 0 aromatic carbocycles. The molecule has 8 nitrogen and oxygen atoms in total. The molecule has 2 aromatic rings. The molecule has 0 saturated heterocycles. The van der Waals surface area contributed by atoms with Crippen molar-refractivity contribution in [3.63, 3.8) is 0 Å². The predicted octanol–water partition coefficient (Wildman–Crippen LogP) is 2.04. The first-order valence-corrected chi connectivity index (χ1v) is 5.79. The number of anilines is 1. The first-order valence-electron chi connectivity index (χ1n) is 4.99. The lowest BCUT2D eigenvalue weighted by molar-refractivity contribution is -0.385. The van der Waals surface area contributed by atoms with Crippen molar-refractivity contribution in [2.45, 2.75) is 13.0 Å². The fraction of sp³-hybridized carbons (Fsp3) is 0.222. The number of nitro groups is 1. The summed E-state index contributed by atoms with van der Waals surface area (Å²) in [5.74, 6) is 1.16. The first kappa shape index (κ1) is 12.4. The lowest BCUT2D eigenvalue weighted by Gasteiger charge is -2.12. The van der Waals surface area contributed by atoms with Crippen LogP contribution in [0.15, 0.2) is 23.1 Å². The van der Waals surface area contributed by atoms with Crippen molar-refractivity contribution in [3.05, 3.63) is 39.0 Å². The molecule has 0 aliphatic rings. The van der Waals surface area contributed by atoms with E-state index < -0.39 is 4.92 Å². The highest BCUT2D eigenvalue weighted by Crippen LogP contribution is 2.26. The molecule has 9 heteroatoms. The maximum atomic E-state index is 10.6. The third kappa shape index (κ3) is 2.62. The predicted molar refractivity (Wildman–Crippen MR) is 67.0 cm³/mol.